The molecule has 0 saturated heterocycles. The molecule has 1 aromatic carbocycles. The van der Waals surface area contributed by atoms with E-state index < -0.39 is 0 Å². The second kappa shape index (κ2) is 6.10. The standard InChI is InChI=1S/C11H14ClN3O2/c1-14-10(16)4-5-15-11(17)7-2-3-9(13)8(12)6-7/h2-3,6H,4-5,13H2,1H3,(H,14,16)(H,15,17). The van der Waals surface area contributed by atoms with Gasteiger partial charge in [-0.1, -0.05) is 11.6 Å². The van der Waals surface area contributed by atoms with Gasteiger partial charge in [0.05, 0.1) is 10.7 Å². The molecule has 92 valence electrons. The summed E-state index contributed by atoms with van der Waals surface area (Å²) in [6.45, 7) is 0.278. The summed E-state index contributed by atoms with van der Waals surface area (Å²) in [5.41, 5.74) is 6.37. The number of rotatable bonds is 4. The number of carbonyl (C=O) groups is 2. The summed E-state index contributed by atoms with van der Waals surface area (Å²) < 4.78 is 0. The molecule has 1 rings (SSSR count). The van der Waals surface area contributed by atoms with E-state index in [1.165, 1.54) is 6.07 Å². The molecule has 0 fully saturated rings. The first-order valence-corrected chi connectivity index (χ1v) is 5.46. The summed E-state index contributed by atoms with van der Waals surface area (Å²) in [4.78, 5) is 22.6. The number of nitrogens with one attached hydrogen (secondary N) is 2. The zero-order chi connectivity index (χ0) is 12.8. The van der Waals surface area contributed by atoms with Crippen LogP contribution in [-0.4, -0.2) is 25.4 Å². The molecule has 0 saturated carbocycles. The molecule has 4 N–H and O–H groups in total. The zero-order valence-electron chi connectivity index (χ0n) is 9.42. The molecule has 5 nitrogen and oxygen atoms in total. The first-order chi connectivity index (χ1) is 8.04. The molecule has 0 aliphatic carbocycles. The summed E-state index contributed by atoms with van der Waals surface area (Å²) in [7, 11) is 1.55. The molecule has 0 aromatic heterocycles. The number of halogens is 1. The first kappa shape index (κ1) is 13.3. The van der Waals surface area contributed by atoms with E-state index in [0.717, 1.165) is 0 Å². The highest BCUT2D eigenvalue weighted by molar-refractivity contribution is 6.33. The molecule has 0 aliphatic rings. The molecule has 0 atom stereocenters. The number of amides is 2. The fourth-order valence-corrected chi connectivity index (χ4v) is 1.37. The Balaban J connectivity index is 2.52. The van der Waals surface area contributed by atoms with E-state index in [4.69, 9.17) is 17.3 Å². The van der Waals surface area contributed by atoms with E-state index in [1.807, 2.05) is 0 Å². The average Bonchev–Trinajstić information content (AvgIpc) is 2.32. The minimum Gasteiger partial charge on any atom is -0.398 e. The smallest absolute Gasteiger partial charge is 0.251 e. The van der Waals surface area contributed by atoms with Crippen molar-refractivity contribution >= 4 is 29.1 Å². The van der Waals surface area contributed by atoms with Crippen LogP contribution in [0.1, 0.15) is 16.8 Å². The van der Waals surface area contributed by atoms with Crippen LogP contribution in [0.4, 0.5) is 5.69 Å². The van der Waals surface area contributed by atoms with Crippen molar-refractivity contribution in [3.05, 3.63) is 28.8 Å². The van der Waals surface area contributed by atoms with Crippen molar-refractivity contribution in [1.29, 1.82) is 0 Å². The van der Waals surface area contributed by atoms with Gasteiger partial charge >= 0.3 is 0 Å². The van der Waals surface area contributed by atoms with Crippen molar-refractivity contribution < 1.29 is 9.59 Å². The van der Waals surface area contributed by atoms with Crippen LogP contribution < -0.4 is 16.4 Å². The predicted molar refractivity (Wildman–Crippen MR) is 66.9 cm³/mol. The Morgan fingerprint density at radius 3 is 2.71 bits per heavy atom. The van der Waals surface area contributed by atoms with E-state index in [0.29, 0.717) is 16.3 Å². The highest BCUT2D eigenvalue weighted by Crippen LogP contribution is 2.19. The number of nitrogen functional groups attached to an aromatic ring is 1. The maximum atomic E-state index is 11.6. The predicted octanol–water partition coefficient (Wildman–Crippen LogP) is 0.788. The van der Waals surface area contributed by atoms with Crippen molar-refractivity contribution in [3.8, 4) is 0 Å². The van der Waals surface area contributed by atoms with Gasteiger partial charge in [0.1, 0.15) is 0 Å². The Hall–Kier alpha value is -1.75. The molecule has 0 radical (unpaired) electrons. The van der Waals surface area contributed by atoms with Gasteiger partial charge in [-0.25, -0.2) is 0 Å². The molecule has 0 unspecified atom stereocenters. The van der Waals surface area contributed by atoms with Gasteiger partial charge in [0.15, 0.2) is 0 Å². The van der Waals surface area contributed by atoms with Gasteiger partial charge in [0.2, 0.25) is 5.91 Å². The van der Waals surface area contributed by atoms with Gasteiger partial charge in [-0.2, -0.15) is 0 Å². The molecular weight excluding hydrogens is 242 g/mol. The van der Waals surface area contributed by atoms with Crippen LogP contribution in [0.3, 0.4) is 0 Å². The third kappa shape index (κ3) is 3.96. The Morgan fingerprint density at radius 1 is 1.41 bits per heavy atom. The molecule has 17 heavy (non-hydrogen) atoms. The highest BCUT2D eigenvalue weighted by atomic mass is 35.5. The number of carbonyl (C=O) groups excluding carboxylic acids is 2. The summed E-state index contributed by atoms with van der Waals surface area (Å²) in [5.74, 6) is -0.406. The SMILES string of the molecule is CNC(=O)CCNC(=O)c1ccc(N)c(Cl)c1. The lowest BCUT2D eigenvalue weighted by atomic mass is 10.2. The van der Waals surface area contributed by atoms with Crippen LogP contribution in [0, 0.1) is 0 Å². The Labute approximate surface area is 104 Å². The minimum atomic E-state index is -0.282. The fourth-order valence-electron chi connectivity index (χ4n) is 1.18. The van der Waals surface area contributed by atoms with E-state index in [9.17, 15) is 9.59 Å². The van der Waals surface area contributed by atoms with E-state index in [2.05, 4.69) is 10.6 Å². The highest BCUT2D eigenvalue weighted by Gasteiger charge is 2.07. The van der Waals surface area contributed by atoms with Crippen LogP contribution in [0.25, 0.3) is 0 Å². The maximum Gasteiger partial charge on any atom is 0.251 e. The van der Waals surface area contributed by atoms with Gasteiger partial charge in [-0.15, -0.1) is 0 Å². The van der Waals surface area contributed by atoms with E-state index in [-0.39, 0.29) is 24.8 Å². The van der Waals surface area contributed by atoms with Crippen molar-refractivity contribution in [2.24, 2.45) is 0 Å². The Bertz CT molecular complexity index is 435. The Kier molecular flexibility index (Phi) is 4.78. The molecule has 1 aromatic rings. The van der Waals surface area contributed by atoms with Crippen LogP contribution in [-0.2, 0) is 4.79 Å². The van der Waals surface area contributed by atoms with Gasteiger partial charge in [0, 0.05) is 25.6 Å². The van der Waals surface area contributed by atoms with Crippen molar-refractivity contribution in [2.45, 2.75) is 6.42 Å². The maximum absolute atomic E-state index is 11.6. The molecular formula is C11H14ClN3O2. The largest absolute Gasteiger partial charge is 0.398 e. The quantitative estimate of drug-likeness (QED) is 0.696. The molecule has 0 aliphatic heterocycles. The lowest BCUT2D eigenvalue weighted by Gasteiger charge is -2.06. The summed E-state index contributed by atoms with van der Waals surface area (Å²) in [6, 6.07) is 4.64. The molecule has 0 spiro atoms. The van der Waals surface area contributed by atoms with Crippen LogP contribution in [0.5, 0.6) is 0 Å². The van der Waals surface area contributed by atoms with Gasteiger partial charge < -0.3 is 16.4 Å². The number of anilines is 1. The lowest BCUT2D eigenvalue weighted by molar-refractivity contribution is -0.120. The zero-order valence-corrected chi connectivity index (χ0v) is 10.2. The normalized spacial score (nSPS) is 9.76. The van der Waals surface area contributed by atoms with Gasteiger partial charge in [-0.3, -0.25) is 9.59 Å². The van der Waals surface area contributed by atoms with E-state index in [1.54, 1.807) is 19.2 Å². The topological polar surface area (TPSA) is 84.2 Å². The van der Waals surface area contributed by atoms with E-state index >= 15 is 0 Å². The van der Waals surface area contributed by atoms with Crippen molar-refractivity contribution in [3.63, 3.8) is 0 Å². The first-order valence-electron chi connectivity index (χ1n) is 5.08. The summed E-state index contributed by atoms with van der Waals surface area (Å²) in [6.07, 6.45) is 0.241. The Morgan fingerprint density at radius 2 is 2.12 bits per heavy atom. The lowest BCUT2D eigenvalue weighted by Crippen LogP contribution is -2.29. The summed E-state index contributed by atoms with van der Waals surface area (Å²) in [5, 5.41) is 5.42. The number of nitrogens with two attached hydrogens (primary N) is 1. The molecule has 6 heteroatoms. The monoisotopic (exact) mass is 255 g/mol. The minimum absolute atomic E-state index is 0.124. The van der Waals surface area contributed by atoms with Crippen molar-refractivity contribution in [1.82, 2.24) is 10.6 Å². The number of benzene rings is 1. The third-order valence-electron chi connectivity index (χ3n) is 2.18. The average molecular weight is 256 g/mol. The fraction of sp³-hybridized carbons (Fsp3) is 0.273. The van der Waals surface area contributed by atoms with Gasteiger partial charge in [-0.05, 0) is 18.2 Å². The third-order valence-corrected chi connectivity index (χ3v) is 2.51. The molecule has 0 heterocycles. The van der Waals surface area contributed by atoms with Crippen LogP contribution >= 0.6 is 11.6 Å². The van der Waals surface area contributed by atoms with Crippen LogP contribution in [0.2, 0.25) is 5.02 Å². The number of hydrogen-bond donors (Lipinski definition) is 3. The van der Waals surface area contributed by atoms with Crippen molar-refractivity contribution in [2.75, 3.05) is 19.3 Å². The van der Waals surface area contributed by atoms with Gasteiger partial charge in [0.25, 0.3) is 5.91 Å². The second-order valence-corrected chi connectivity index (χ2v) is 3.82. The van der Waals surface area contributed by atoms with Crippen LogP contribution in [0.15, 0.2) is 18.2 Å². The summed E-state index contributed by atoms with van der Waals surface area (Å²) >= 11 is 5.80. The number of hydrogen-bond acceptors (Lipinski definition) is 3. The molecule has 0 bridgehead atoms. The molecule has 2 amide bonds. The second-order valence-electron chi connectivity index (χ2n) is 3.42.